The molecular formula is C16H18BrNO2. The van der Waals surface area contributed by atoms with Crippen LogP contribution in [0.4, 0.5) is 0 Å². The fraction of sp³-hybridized carbons (Fsp3) is 0.250. The number of ether oxygens (including phenoxy) is 1. The number of nitrogens with one attached hydrogen (secondary N) is 1. The third-order valence-electron chi connectivity index (χ3n) is 3.22. The van der Waals surface area contributed by atoms with E-state index in [0.717, 1.165) is 22.3 Å². The van der Waals surface area contributed by atoms with Crippen molar-refractivity contribution in [2.24, 2.45) is 0 Å². The van der Waals surface area contributed by atoms with Crippen LogP contribution in [0.5, 0.6) is 11.5 Å². The van der Waals surface area contributed by atoms with Crippen LogP contribution in [0.3, 0.4) is 0 Å². The molecule has 1 atom stereocenters. The zero-order chi connectivity index (χ0) is 14.5. The minimum Gasteiger partial charge on any atom is -0.508 e. The van der Waals surface area contributed by atoms with Crippen LogP contribution in [-0.2, 0) is 6.54 Å². The van der Waals surface area contributed by atoms with E-state index in [9.17, 15) is 5.11 Å². The maximum Gasteiger partial charge on any atom is 0.133 e. The van der Waals surface area contributed by atoms with Crippen LogP contribution in [0.15, 0.2) is 46.9 Å². The molecule has 1 unspecified atom stereocenters. The maximum atomic E-state index is 9.25. The number of methoxy groups -OCH3 is 1. The Labute approximate surface area is 127 Å². The Morgan fingerprint density at radius 2 is 1.90 bits per heavy atom. The van der Waals surface area contributed by atoms with Gasteiger partial charge in [0.05, 0.1) is 11.6 Å². The summed E-state index contributed by atoms with van der Waals surface area (Å²) in [6.07, 6.45) is 0. The Morgan fingerprint density at radius 3 is 2.50 bits per heavy atom. The zero-order valence-corrected chi connectivity index (χ0v) is 13.1. The highest BCUT2D eigenvalue weighted by atomic mass is 79.9. The summed E-state index contributed by atoms with van der Waals surface area (Å²) in [4.78, 5) is 0. The topological polar surface area (TPSA) is 41.5 Å². The van der Waals surface area contributed by atoms with Crippen LogP contribution in [0, 0.1) is 0 Å². The SMILES string of the molecule is COc1ccc(C(C)NCc2ccc(O)cc2)cc1Br. The Hall–Kier alpha value is -1.52. The van der Waals surface area contributed by atoms with Gasteiger partial charge in [-0.3, -0.25) is 0 Å². The molecule has 0 bridgehead atoms. The average Bonchev–Trinajstić information content (AvgIpc) is 2.46. The molecule has 0 aliphatic rings. The summed E-state index contributed by atoms with van der Waals surface area (Å²) in [6, 6.07) is 13.5. The highest BCUT2D eigenvalue weighted by molar-refractivity contribution is 9.10. The first kappa shape index (κ1) is 14.9. The number of hydrogen-bond acceptors (Lipinski definition) is 3. The third kappa shape index (κ3) is 3.74. The maximum absolute atomic E-state index is 9.25. The minimum atomic E-state index is 0.228. The second-order valence-corrected chi connectivity index (χ2v) is 5.52. The number of phenolic OH excluding ortho intramolecular Hbond substituents is 1. The normalized spacial score (nSPS) is 12.2. The lowest BCUT2D eigenvalue weighted by Crippen LogP contribution is -2.18. The van der Waals surface area contributed by atoms with E-state index in [1.165, 1.54) is 5.56 Å². The van der Waals surface area contributed by atoms with Crippen molar-refractivity contribution in [1.82, 2.24) is 5.32 Å². The number of hydrogen-bond donors (Lipinski definition) is 2. The van der Waals surface area contributed by atoms with E-state index < -0.39 is 0 Å². The van der Waals surface area contributed by atoms with Gasteiger partial charge in [0.1, 0.15) is 11.5 Å². The molecule has 0 radical (unpaired) electrons. The van der Waals surface area contributed by atoms with Gasteiger partial charge in [0, 0.05) is 12.6 Å². The van der Waals surface area contributed by atoms with Gasteiger partial charge >= 0.3 is 0 Å². The van der Waals surface area contributed by atoms with Crippen LogP contribution < -0.4 is 10.1 Å². The van der Waals surface area contributed by atoms with Gasteiger partial charge in [0.2, 0.25) is 0 Å². The first-order valence-corrected chi connectivity index (χ1v) is 7.24. The van der Waals surface area contributed by atoms with Crippen molar-refractivity contribution in [3.63, 3.8) is 0 Å². The van der Waals surface area contributed by atoms with Crippen LogP contribution in [0.25, 0.3) is 0 Å². The predicted octanol–water partition coefficient (Wildman–Crippen LogP) is 4.01. The second-order valence-electron chi connectivity index (χ2n) is 4.66. The van der Waals surface area contributed by atoms with Crippen molar-refractivity contribution >= 4 is 15.9 Å². The van der Waals surface area contributed by atoms with Crippen molar-refractivity contribution in [3.05, 3.63) is 58.1 Å². The standard InChI is InChI=1S/C16H18BrNO2/c1-11(13-5-8-16(20-2)15(17)9-13)18-10-12-3-6-14(19)7-4-12/h3-9,11,18-19H,10H2,1-2H3. The molecule has 0 aliphatic heterocycles. The van der Waals surface area contributed by atoms with E-state index in [1.807, 2.05) is 18.2 Å². The molecule has 2 aromatic carbocycles. The van der Waals surface area contributed by atoms with Crippen LogP contribution in [-0.4, -0.2) is 12.2 Å². The molecule has 106 valence electrons. The fourth-order valence-electron chi connectivity index (χ4n) is 1.95. The largest absolute Gasteiger partial charge is 0.508 e. The van der Waals surface area contributed by atoms with E-state index in [0.29, 0.717) is 5.75 Å². The molecule has 0 aliphatic carbocycles. The average molecular weight is 336 g/mol. The quantitative estimate of drug-likeness (QED) is 0.867. The molecule has 0 heterocycles. The van der Waals surface area contributed by atoms with E-state index in [-0.39, 0.29) is 6.04 Å². The molecule has 0 fully saturated rings. The Morgan fingerprint density at radius 1 is 1.20 bits per heavy atom. The summed E-state index contributed by atoms with van der Waals surface area (Å²) in [6.45, 7) is 2.87. The van der Waals surface area contributed by atoms with E-state index in [4.69, 9.17) is 4.74 Å². The highest BCUT2D eigenvalue weighted by Gasteiger charge is 2.08. The second kappa shape index (κ2) is 6.77. The molecule has 0 amide bonds. The molecule has 0 aromatic heterocycles. The fourth-order valence-corrected chi connectivity index (χ4v) is 2.51. The molecule has 2 N–H and O–H groups in total. The third-order valence-corrected chi connectivity index (χ3v) is 3.84. The molecule has 2 aromatic rings. The molecule has 2 rings (SSSR count). The monoisotopic (exact) mass is 335 g/mol. The highest BCUT2D eigenvalue weighted by Crippen LogP contribution is 2.28. The Balaban J connectivity index is 1.99. The molecule has 0 spiro atoms. The summed E-state index contributed by atoms with van der Waals surface area (Å²) in [5.41, 5.74) is 2.33. The van der Waals surface area contributed by atoms with E-state index in [2.05, 4.69) is 40.3 Å². The predicted molar refractivity (Wildman–Crippen MR) is 84.1 cm³/mol. The smallest absolute Gasteiger partial charge is 0.133 e. The number of halogens is 1. The van der Waals surface area contributed by atoms with Crippen LogP contribution in [0.1, 0.15) is 24.1 Å². The molecule has 4 heteroatoms. The summed E-state index contributed by atoms with van der Waals surface area (Å²) in [5.74, 6) is 1.13. The number of phenols is 1. The minimum absolute atomic E-state index is 0.228. The van der Waals surface area contributed by atoms with Gasteiger partial charge in [-0.05, 0) is 58.2 Å². The van der Waals surface area contributed by atoms with Gasteiger partial charge in [0.25, 0.3) is 0 Å². The van der Waals surface area contributed by atoms with Gasteiger partial charge in [-0.2, -0.15) is 0 Å². The first-order valence-electron chi connectivity index (χ1n) is 6.45. The lowest BCUT2D eigenvalue weighted by atomic mass is 10.1. The molecule has 0 saturated heterocycles. The van der Waals surface area contributed by atoms with Gasteiger partial charge < -0.3 is 15.2 Å². The number of rotatable bonds is 5. The Bertz CT molecular complexity index is 569. The molecule has 3 nitrogen and oxygen atoms in total. The number of aromatic hydroxyl groups is 1. The van der Waals surface area contributed by atoms with E-state index >= 15 is 0 Å². The summed E-state index contributed by atoms with van der Waals surface area (Å²) in [5, 5.41) is 12.7. The van der Waals surface area contributed by atoms with Gasteiger partial charge in [-0.1, -0.05) is 18.2 Å². The molecule has 0 saturated carbocycles. The Kier molecular flexibility index (Phi) is 5.04. The van der Waals surface area contributed by atoms with Crippen LogP contribution >= 0.6 is 15.9 Å². The summed E-state index contributed by atoms with van der Waals surface area (Å²) in [7, 11) is 1.66. The van der Waals surface area contributed by atoms with Gasteiger partial charge in [-0.15, -0.1) is 0 Å². The van der Waals surface area contributed by atoms with Crippen molar-refractivity contribution in [3.8, 4) is 11.5 Å². The van der Waals surface area contributed by atoms with Crippen molar-refractivity contribution in [1.29, 1.82) is 0 Å². The van der Waals surface area contributed by atoms with Gasteiger partial charge in [0.15, 0.2) is 0 Å². The van der Waals surface area contributed by atoms with Gasteiger partial charge in [-0.25, -0.2) is 0 Å². The van der Waals surface area contributed by atoms with Crippen molar-refractivity contribution in [2.75, 3.05) is 7.11 Å². The summed E-state index contributed by atoms with van der Waals surface area (Å²) >= 11 is 3.50. The molecule has 20 heavy (non-hydrogen) atoms. The lowest BCUT2D eigenvalue weighted by molar-refractivity contribution is 0.411. The lowest BCUT2D eigenvalue weighted by Gasteiger charge is -2.15. The number of benzene rings is 2. The van der Waals surface area contributed by atoms with Crippen LogP contribution in [0.2, 0.25) is 0 Å². The molecular weight excluding hydrogens is 318 g/mol. The van der Waals surface area contributed by atoms with Crippen molar-refractivity contribution < 1.29 is 9.84 Å². The van der Waals surface area contributed by atoms with Crippen molar-refractivity contribution in [2.45, 2.75) is 19.5 Å². The first-order chi connectivity index (χ1) is 9.60. The summed E-state index contributed by atoms with van der Waals surface area (Å²) < 4.78 is 6.18. The van der Waals surface area contributed by atoms with E-state index in [1.54, 1.807) is 19.2 Å². The zero-order valence-electron chi connectivity index (χ0n) is 11.6.